The van der Waals surface area contributed by atoms with Crippen LogP contribution < -0.4 is 15.4 Å². The quantitative estimate of drug-likeness (QED) is 0.694. The highest BCUT2D eigenvalue weighted by atomic mass is 79.9. The number of sulfonamides is 1. The van der Waals surface area contributed by atoms with Gasteiger partial charge in [-0.15, -0.1) is 0 Å². The smallest absolute Gasteiger partial charge is 0.213 e. The van der Waals surface area contributed by atoms with Gasteiger partial charge in [-0.25, -0.2) is 23.1 Å². The Hall–Kier alpha value is -0.930. The number of hydrogen-bond acceptors (Lipinski definition) is 6. The number of nitrogens with one attached hydrogen (secondary N) is 3. The Balaban J connectivity index is 2.64. The summed E-state index contributed by atoms with van der Waals surface area (Å²) in [5.41, 5.74) is 0. The molecule has 0 amide bonds. The highest BCUT2D eigenvalue weighted by Gasteiger charge is 2.09. The molecule has 0 spiro atoms. The van der Waals surface area contributed by atoms with Crippen LogP contribution in [-0.2, 0) is 10.0 Å². The molecule has 0 unspecified atom stereocenters. The average Bonchev–Trinajstić information content (AvgIpc) is 2.31. The Labute approximate surface area is 109 Å². The van der Waals surface area contributed by atoms with E-state index >= 15 is 0 Å². The van der Waals surface area contributed by atoms with E-state index in [9.17, 15) is 8.42 Å². The Bertz CT molecular complexity index is 479. The molecule has 0 atom stereocenters. The summed E-state index contributed by atoms with van der Waals surface area (Å²) in [6.07, 6.45) is 1.39. The van der Waals surface area contributed by atoms with Gasteiger partial charge in [0, 0.05) is 13.6 Å². The molecular weight excluding hydrogens is 310 g/mol. The summed E-state index contributed by atoms with van der Waals surface area (Å²) in [6, 6.07) is 0. The van der Waals surface area contributed by atoms with Gasteiger partial charge in [0.2, 0.25) is 10.0 Å². The zero-order valence-corrected chi connectivity index (χ0v) is 11.9. The second kappa shape index (κ2) is 6.12. The molecular formula is C8H14BrN5O2S. The lowest BCUT2D eigenvalue weighted by atomic mass is 10.5. The van der Waals surface area contributed by atoms with Gasteiger partial charge in [-0.05, 0) is 23.0 Å². The third kappa shape index (κ3) is 4.10. The van der Waals surface area contributed by atoms with E-state index in [0.29, 0.717) is 16.1 Å². The van der Waals surface area contributed by atoms with Crippen LogP contribution in [0.4, 0.5) is 11.6 Å². The lowest BCUT2D eigenvalue weighted by Crippen LogP contribution is -2.26. The van der Waals surface area contributed by atoms with Gasteiger partial charge in [0.1, 0.15) is 22.4 Å². The molecule has 0 bridgehead atoms. The first kappa shape index (κ1) is 14.1. The van der Waals surface area contributed by atoms with Crippen molar-refractivity contribution in [1.29, 1.82) is 0 Å². The standard InChI is InChI=1S/C8H14BrN5O2S/c1-10-7-6(9)8(14-5-13-7)12-3-4-17(15,16)11-2/h5,11H,3-4H2,1-2H3,(H2,10,12,13,14). The minimum Gasteiger partial charge on any atom is -0.372 e. The summed E-state index contributed by atoms with van der Waals surface area (Å²) < 4.78 is 25.3. The van der Waals surface area contributed by atoms with Crippen molar-refractivity contribution in [2.24, 2.45) is 0 Å². The SMILES string of the molecule is CNc1ncnc(NCCS(=O)(=O)NC)c1Br. The molecule has 1 aromatic heterocycles. The number of nitrogens with zero attached hydrogens (tertiary/aromatic N) is 2. The maximum Gasteiger partial charge on any atom is 0.213 e. The third-order valence-electron chi connectivity index (χ3n) is 2.00. The first-order chi connectivity index (χ1) is 8.00. The van der Waals surface area contributed by atoms with Gasteiger partial charge in [0.15, 0.2) is 0 Å². The number of rotatable bonds is 6. The lowest BCUT2D eigenvalue weighted by Gasteiger charge is -2.09. The molecule has 1 rings (SSSR count). The normalized spacial score (nSPS) is 11.2. The van der Waals surface area contributed by atoms with E-state index < -0.39 is 10.0 Å². The minimum absolute atomic E-state index is 0.0190. The second-order valence-corrected chi connectivity index (χ2v) is 5.92. The van der Waals surface area contributed by atoms with Gasteiger partial charge < -0.3 is 10.6 Å². The number of aromatic nitrogens is 2. The molecule has 1 heterocycles. The molecule has 0 fully saturated rings. The maximum absolute atomic E-state index is 11.2. The molecule has 0 aromatic carbocycles. The van der Waals surface area contributed by atoms with Crippen LogP contribution in [0.5, 0.6) is 0 Å². The van der Waals surface area contributed by atoms with Crippen LogP contribution in [0.1, 0.15) is 0 Å². The van der Waals surface area contributed by atoms with E-state index in [1.54, 1.807) is 7.05 Å². The fourth-order valence-corrected chi connectivity index (χ4v) is 2.19. The van der Waals surface area contributed by atoms with Crippen molar-refractivity contribution >= 4 is 37.6 Å². The molecule has 0 aliphatic heterocycles. The zero-order valence-electron chi connectivity index (χ0n) is 9.49. The molecule has 1 aromatic rings. The van der Waals surface area contributed by atoms with Gasteiger partial charge in [-0.2, -0.15) is 0 Å². The molecule has 17 heavy (non-hydrogen) atoms. The van der Waals surface area contributed by atoms with Gasteiger partial charge in [-0.3, -0.25) is 0 Å². The van der Waals surface area contributed by atoms with Crippen molar-refractivity contribution < 1.29 is 8.42 Å². The Morgan fingerprint density at radius 2 is 1.94 bits per heavy atom. The van der Waals surface area contributed by atoms with Crippen LogP contribution >= 0.6 is 15.9 Å². The Kier molecular flexibility index (Phi) is 5.09. The highest BCUT2D eigenvalue weighted by molar-refractivity contribution is 9.10. The molecule has 0 aliphatic rings. The number of halogens is 1. The van der Waals surface area contributed by atoms with Crippen molar-refractivity contribution in [3.8, 4) is 0 Å². The molecule has 0 aliphatic carbocycles. The van der Waals surface area contributed by atoms with E-state index in [-0.39, 0.29) is 12.3 Å². The van der Waals surface area contributed by atoms with Crippen LogP contribution in [0.2, 0.25) is 0 Å². The van der Waals surface area contributed by atoms with Crippen molar-refractivity contribution in [2.45, 2.75) is 0 Å². The topological polar surface area (TPSA) is 96.0 Å². The summed E-state index contributed by atoms with van der Waals surface area (Å²) in [6.45, 7) is 0.266. The van der Waals surface area contributed by atoms with Crippen molar-refractivity contribution in [2.75, 3.05) is 37.0 Å². The largest absolute Gasteiger partial charge is 0.372 e. The predicted molar refractivity (Wildman–Crippen MR) is 70.6 cm³/mol. The summed E-state index contributed by atoms with van der Waals surface area (Å²) in [7, 11) is -0.0826. The molecule has 0 saturated carbocycles. The molecule has 7 nitrogen and oxygen atoms in total. The predicted octanol–water partition coefficient (Wildman–Crippen LogP) is 0.242. The third-order valence-corrected chi connectivity index (χ3v) is 4.12. The van der Waals surface area contributed by atoms with Crippen molar-refractivity contribution in [3.63, 3.8) is 0 Å². The van der Waals surface area contributed by atoms with Gasteiger partial charge in [0.25, 0.3) is 0 Å². The van der Waals surface area contributed by atoms with E-state index in [4.69, 9.17) is 0 Å². The van der Waals surface area contributed by atoms with E-state index in [1.807, 2.05) is 0 Å². The van der Waals surface area contributed by atoms with E-state index in [1.165, 1.54) is 13.4 Å². The van der Waals surface area contributed by atoms with Crippen LogP contribution in [0.15, 0.2) is 10.8 Å². The van der Waals surface area contributed by atoms with Gasteiger partial charge >= 0.3 is 0 Å². The fraction of sp³-hybridized carbons (Fsp3) is 0.500. The molecule has 0 radical (unpaired) electrons. The molecule has 0 saturated heterocycles. The number of hydrogen-bond donors (Lipinski definition) is 3. The Morgan fingerprint density at radius 1 is 1.29 bits per heavy atom. The molecule has 9 heteroatoms. The first-order valence-electron chi connectivity index (χ1n) is 4.83. The summed E-state index contributed by atoms with van der Waals surface area (Å²) >= 11 is 3.32. The highest BCUT2D eigenvalue weighted by Crippen LogP contribution is 2.25. The van der Waals surface area contributed by atoms with Crippen LogP contribution in [-0.4, -0.2) is 44.8 Å². The zero-order chi connectivity index (χ0) is 12.9. The lowest BCUT2D eigenvalue weighted by molar-refractivity contribution is 0.588. The van der Waals surface area contributed by atoms with Crippen LogP contribution in [0, 0.1) is 0 Å². The van der Waals surface area contributed by atoms with Crippen LogP contribution in [0.25, 0.3) is 0 Å². The van der Waals surface area contributed by atoms with Crippen molar-refractivity contribution in [3.05, 3.63) is 10.8 Å². The van der Waals surface area contributed by atoms with Crippen LogP contribution in [0.3, 0.4) is 0 Å². The number of anilines is 2. The first-order valence-corrected chi connectivity index (χ1v) is 7.28. The summed E-state index contributed by atoms with van der Waals surface area (Å²) in [4.78, 5) is 8.00. The van der Waals surface area contributed by atoms with E-state index in [0.717, 1.165) is 0 Å². The summed E-state index contributed by atoms with van der Waals surface area (Å²) in [5, 5.41) is 5.81. The monoisotopic (exact) mass is 323 g/mol. The van der Waals surface area contributed by atoms with Gasteiger partial charge in [0.05, 0.1) is 5.75 Å². The van der Waals surface area contributed by atoms with Crippen molar-refractivity contribution in [1.82, 2.24) is 14.7 Å². The average molecular weight is 324 g/mol. The van der Waals surface area contributed by atoms with Gasteiger partial charge in [-0.1, -0.05) is 0 Å². The second-order valence-electron chi connectivity index (χ2n) is 3.08. The Morgan fingerprint density at radius 3 is 2.53 bits per heavy atom. The minimum atomic E-state index is -3.21. The van der Waals surface area contributed by atoms with E-state index in [2.05, 4.69) is 41.3 Å². The fourth-order valence-electron chi connectivity index (χ4n) is 1.07. The summed E-state index contributed by atoms with van der Waals surface area (Å²) in [5.74, 6) is 1.17. The molecule has 3 N–H and O–H groups in total. The maximum atomic E-state index is 11.2. The molecule has 96 valence electrons.